The summed E-state index contributed by atoms with van der Waals surface area (Å²) in [5, 5.41) is 10.3. The topological polar surface area (TPSA) is 102 Å². The second-order valence-corrected chi connectivity index (χ2v) is 9.47. The number of ether oxygens (including phenoxy) is 2. The molecule has 2 N–H and O–H groups in total. The number of rotatable bonds is 12. The van der Waals surface area contributed by atoms with Crippen LogP contribution in [0, 0.1) is 0 Å². The van der Waals surface area contributed by atoms with Gasteiger partial charge in [0.15, 0.2) is 0 Å². The largest absolute Gasteiger partial charge is 0.493 e. The molecule has 0 aliphatic heterocycles. The van der Waals surface area contributed by atoms with Gasteiger partial charge in [0.1, 0.15) is 5.75 Å². The quantitative estimate of drug-likeness (QED) is 0.360. The fourth-order valence-corrected chi connectivity index (χ4v) is 4.39. The molecule has 3 aromatic rings. The maximum atomic E-state index is 12.5. The Bertz CT molecular complexity index is 1240. The SMILES string of the molecule is COC(=O)CCc1ccccc1OCCC(O)C=Cc1cccc(NS(=O)(=O)c2ccccc2)c1. The first kappa shape index (κ1) is 26.0. The molecular formula is C27H29NO6S. The normalized spacial score (nSPS) is 12.3. The molecule has 0 aromatic heterocycles. The highest BCUT2D eigenvalue weighted by molar-refractivity contribution is 7.92. The summed E-state index contributed by atoms with van der Waals surface area (Å²) in [6, 6.07) is 22.5. The van der Waals surface area contributed by atoms with Crippen molar-refractivity contribution in [2.75, 3.05) is 18.4 Å². The van der Waals surface area contributed by atoms with E-state index in [1.165, 1.54) is 19.2 Å². The molecule has 0 amide bonds. The third kappa shape index (κ3) is 8.27. The number of hydrogen-bond donors (Lipinski definition) is 2. The van der Waals surface area contributed by atoms with Crippen molar-refractivity contribution in [2.45, 2.75) is 30.3 Å². The number of para-hydroxylation sites is 1. The molecule has 7 nitrogen and oxygen atoms in total. The van der Waals surface area contributed by atoms with Crippen molar-refractivity contribution in [3.05, 3.63) is 96.1 Å². The predicted octanol–water partition coefficient (Wildman–Crippen LogP) is 4.44. The summed E-state index contributed by atoms with van der Waals surface area (Å²) >= 11 is 0. The van der Waals surface area contributed by atoms with Crippen LogP contribution in [0.5, 0.6) is 5.75 Å². The molecule has 35 heavy (non-hydrogen) atoms. The first-order valence-electron chi connectivity index (χ1n) is 11.2. The summed E-state index contributed by atoms with van der Waals surface area (Å²) in [7, 11) is -2.32. The Balaban J connectivity index is 1.53. The van der Waals surface area contributed by atoms with E-state index < -0.39 is 16.1 Å². The standard InChI is InChI=1S/C27H29NO6S/c1-33-27(30)17-15-22-9-5-6-13-26(22)34-19-18-24(29)16-14-21-8-7-10-23(20-21)28-35(31,32)25-11-3-2-4-12-25/h2-14,16,20,24,28-29H,15,17-19H2,1H3. The van der Waals surface area contributed by atoms with Crippen molar-refractivity contribution in [2.24, 2.45) is 0 Å². The molecule has 0 saturated heterocycles. The molecule has 8 heteroatoms. The van der Waals surface area contributed by atoms with E-state index in [4.69, 9.17) is 4.74 Å². The maximum Gasteiger partial charge on any atom is 0.305 e. The molecule has 0 aliphatic carbocycles. The highest BCUT2D eigenvalue weighted by Crippen LogP contribution is 2.21. The molecule has 0 fully saturated rings. The number of benzene rings is 3. The zero-order chi connectivity index (χ0) is 25.1. The molecular weight excluding hydrogens is 466 g/mol. The summed E-state index contributed by atoms with van der Waals surface area (Å²) in [4.78, 5) is 11.6. The number of carbonyl (C=O) groups excluding carboxylic acids is 1. The van der Waals surface area contributed by atoms with E-state index in [0.29, 0.717) is 24.3 Å². The number of aliphatic hydroxyl groups excluding tert-OH is 1. The fourth-order valence-electron chi connectivity index (χ4n) is 3.32. The first-order chi connectivity index (χ1) is 16.9. The second-order valence-electron chi connectivity index (χ2n) is 7.79. The maximum absolute atomic E-state index is 12.5. The van der Waals surface area contributed by atoms with Crippen LogP contribution >= 0.6 is 0 Å². The molecule has 1 atom stereocenters. The van der Waals surface area contributed by atoms with E-state index >= 15 is 0 Å². The molecule has 3 rings (SSSR count). The van der Waals surface area contributed by atoms with Gasteiger partial charge in [-0.05, 0) is 47.9 Å². The van der Waals surface area contributed by atoms with E-state index in [2.05, 4.69) is 9.46 Å². The summed E-state index contributed by atoms with van der Waals surface area (Å²) in [5.74, 6) is 0.392. The Morgan fingerprint density at radius 2 is 1.77 bits per heavy atom. The predicted molar refractivity (Wildman–Crippen MR) is 136 cm³/mol. The van der Waals surface area contributed by atoms with Gasteiger partial charge in [-0.2, -0.15) is 0 Å². The number of esters is 1. The lowest BCUT2D eigenvalue weighted by atomic mass is 10.1. The summed E-state index contributed by atoms with van der Waals surface area (Å²) in [6.45, 7) is 0.289. The molecule has 1 unspecified atom stereocenters. The van der Waals surface area contributed by atoms with Crippen molar-refractivity contribution >= 4 is 27.8 Å². The van der Waals surface area contributed by atoms with Crippen LogP contribution in [-0.2, 0) is 26.0 Å². The molecule has 0 saturated carbocycles. The fraction of sp³-hybridized carbons (Fsp3) is 0.222. The lowest BCUT2D eigenvalue weighted by molar-refractivity contribution is -0.140. The van der Waals surface area contributed by atoms with Gasteiger partial charge in [0.05, 0.1) is 24.7 Å². The van der Waals surface area contributed by atoms with Gasteiger partial charge in [-0.3, -0.25) is 9.52 Å². The zero-order valence-corrected chi connectivity index (χ0v) is 20.3. The van der Waals surface area contributed by atoms with E-state index in [0.717, 1.165) is 11.1 Å². The van der Waals surface area contributed by atoms with Gasteiger partial charge in [-0.1, -0.05) is 60.7 Å². The van der Waals surface area contributed by atoms with Crippen molar-refractivity contribution in [3.63, 3.8) is 0 Å². The minimum Gasteiger partial charge on any atom is -0.493 e. The smallest absolute Gasteiger partial charge is 0.305 e. The minimum atomic E-state index is -3.68. The molecule has 0 radical (unpaired) electrons. The van der Waals surface area contributed by atoms with Crippen molar-refractivity contribution < 1.29 is 27.8 Å². The molecule has 184 valence electrons. The monoisotopic (exact) mass is 495 g/mol. The second kappa shape index (κ2) is 12.7. The minimum absolute atomic E-state index is 0.184. The third-order valence-electron chi connectivity index (χ3n) is 5.17. The van der Waals surface area contributed by atoms with Crippen molar-refractivity contribution in [1.82, 2.24) is 0 Å². The lowest BCUT2D eigenvalue weighted by Crippen LogP contribution is -2.12. The zero-order valence-electron chi connectivity index (χ0n) is 19.5. The van der Waals surface area contributed by atoms with Gasteiger partial charge in [-0.15, -0.1) is 0 Å². The molecule has 0 aliphatic rings. The molecule has 3 aromatic carbocycles. The van der Waals surface area contributed by atoms with Crippen molar-refractivity contribution in [1.29, 1.82) is 0 Å². The molecule has 0 spiro atoms. The van der Waals surface area contributed by atoms with Crippen LogP contribution < -0.4 is 9.46 Å². The number of carbonyl (C=O) groups is 1. The Hall–Kier alpha value is -3.62. The highest BCUT2D eigenvalue weighted by Gasteiger charge is 2.13. The summed E-state index contributed by atoms with van der Waals surface area (Å²) < 4.78 is 38.1. The van der Waals surface area contributed by atoms with E-state index in [1.807, 2.05) is 30.3 Å². The average molecular weight is 496 g/mol. The molecule has 0 heterocycles. The Kier molecular flexibility index (Phi) is 9.46. The Morgan fingerprint density at radius 3 is 2.54 bits per heavy atom. The first-order valence-corrected chi connectivity index (χ1v) is 12.7. The van der Waals surface area contributed by atoms with Gasteiger partial charge in [0.2, 0.25) is 0 Å². The average Bonchev–Trinajstić information content (AvgIpc) is 2.87. The number of methoxy groups -OCH3 is 1. The van der Waals surface area contributed by atoms with E-state index in [1.54, 1.807) is 48.6 Å². The van der Waals surface area contributed by atoms with Crippen LogP contribution in [0.15, 0.2) is 89.8 Å². The lowest BCUT2D eigenvalue weighted by Gasteiger charge is -2.12. The van der Waals surface area contributed by atoms with Crippen LogP contribution in [0.25, 0.3) is 6.08 Å². The van der Waals surface area contributed by atoms with Gasteiger partial charge in [0.25, 0.3) is 10.0 Å². The van der Waals surface area contributed by atoms with Crippen LogP contribution in [0.2, 0.25) is 0 Å². The van der Waals surface area contributed by atoms with Gasteiger partial charge < -0.3 is 14.6 Å². The van der Waals surface area contributed by atoms with Crippen LogP contribution in [-0.4, -0.2) is 39.3 Å². The third-order valence-corrected chi connectivity index (χ3v) is 6.57. The van der Waals surface area contributed by atoms with Gasteiger partial charge in [0, 0.05) is 18.5 Å². The van der Waals surface area contributed by atoms with E-state index in [9.17, 15) is 18.3 Å². The van der Waals surface area contributed by atoms with Gasteiger partial charge in [-0.25, -0.2) is 8.42 Å². The van der Waals surface area contributed by atoms with Crippen LogP contribution in [0.1, 0.15) is 24.0 Å². The number of aryl methyl sites for hydroxylation is 1. The van der Waals surface area contributed by atoms with Crippen LogP contribution in [0.3, 0.4) is 0 Å². The Morgan fingerprint density at radius 1 is 1.03 bits per heavy atom. The number of anilines is 1. The molecule has 0 bridgehead atoms. The van der Waals surface area contributed by atoms with Crippen LogP contribution in [0.4, 0.5) is 5.69 Å². The number of sulfonamides is 1. The summed E-state index contributed by atoms with van der Waals surface area (Å²) in [6.07, 6.45) is 3.76. The summed E-state index contributed by atoms with van der Waals surface area (Å²) in [5.41, 5.74) is 2.07. The number of aliphatic hydroxyl groups is 1. The number of hydrogen-bond acceptors (Lipinski definition) is 6. The number of nitrogens with one attached hydrogen (secondary N) is 1. The Labute approximate surface area is 206 Å². The van der Waals surface area contributed by atoms with Gasteiger partial charge >= 0.3 is 5.97 Å². The van der Waals surface area contributed by atoms with E-state index in [-0.39, 0.29) is 23.9 Å². The van der Waals surface area contributed by atoms with Crippen molar-refractivity contribution in [3.8, 4) is 5.75 Å². The highest BCUT2D eigenvalue weighted by atomic mass is 32.2.